The molecule has 1 aromatic carbocycles. The first kappa shape index (κ1) is 17.4. The zero-order chi connectivity index (χ0) is 16.9. The second-order valence-corrected chi connectivity index (χ2v) is 5.16. The van der Waals surface area contributed by atoms with Gasteiger partial charge in [-0.2, -0.15) is 5.26 Å². The topological polar surface area (TPSA) is 122 Å². The molecular weight excluding hydrogens is 288 g/mol. The van der Waals surface area contributed by atoms with E-state index < -0.39 is 9.85 Å². The highest BCUT2D eigenvalue weighted by molar-refractivity contribution is 5.78. The van der Waals surface area contributed by atoms with Crippen LogP contribution < -0.4 is 5.32 Å². The van der Waals surface area contributed by atoms with Crippen LogP contribution in [0.1, 0.15) is 38.3 Å². The molecule has 0 unspecified atom stereocenters. The molecule has 0 spiro atoms. The first-order chi connectivity index (χ1) is 10.3. The van der Waals surface area contributed by atoms with Gasteiger partial charge in [-0.05, 0) is 25.8 Å². The van der Waals surface area contributed by atoms with Crippen molar-refractivity contribution in [3.05, 3.63) is 37.4 Å². The molecule has 0 aromatic heterocycles. The number of benzene rings is 1. The number of nitro groups is 2. The van der Waals surface area contributed by atoms with Crippen molar-refractivity contribution in [3.63, 3.8) is 0 Å². The number of nitro benzene ring substituents is 2. The van der Waals surface area contributed by atoms with Gasteiger partial charge in [-0.25, -0.2) is 0 Å². The van der Waals surface area contributed by atoms with E-state index in [2.05, 4.69) is 5.32 Å². The van der Waals surface area contributed by atoms with Crippen LogP contribution in [0, 0.1) is 31.6 Å². The van der Waals surface area contributed by atoms with Gasteiger partial charge in [0.05, 0.1) is 22.3 Å². The molecule has 0 heterocycles. The SMILES string of the molecule is CCCc1cc([N+](=O)[O-])c(NC(C)C)c([N+](=O)[O-])c1CC#N. The molecule has 22 heavy (non-hydrogen) atoms. The lowest BCUT2D eigenvalue weighted by atomic mass is 9.96. The maximum Gasteiger partial charge on any atom is 0.303 e. The molecule has 0 atom stereocenters. The fourth-order valence-electron chi connectivity index (χ4n) is 2.29. The fourth-order valence-corrected chi connectivity index (χ4v) is 2.29. The quantitative estimate of drug-likeness (QED) is 0.608. The summed E-state index contributed by atoms with van der Waals surface area (Å²) >= 11 is 0. The number of rotatable bonds is 7. The van der Waals surface area contributed by atoms with Crippen LogP contribution in [0.15, 0.2) is 6.07 Å². The smallest absolute Gasteiger partial charge is 0.303 e. The number of aryl methyl sites for hydroxylation is 1. The van der Waals surface area contributed by atoms with Gasteiger partial charge in [-0.3, -0.25) is 20.2 Å². The molecule has 0 bridgehead atoms. The molecule has 0 amide bonds. The predicted octanol–water partition coefficient (Wildman–Crippen LogP) is 3.34. The van der Waals surface area contributed by atoms with E-state index in [9.17, 15) is 20.2 Å². The van der Waals surface area contributed by atoms with E-state index in [0.29, 0.717) is 18.4 Å². The van der Waals surface area contributed by atoms with Crippen LogP contribution in [-0.4, -0.2) is 15.9 Å². The Balaban J connectivity index is 3.77. The normalized spacial score (nSPS) is 10.3. The number of hydrogen-bond acceptors (Lipinski definition) is 6. The van der Waals surface area contributed by atoms with Crippen molar-refractivity contribution in [1.29, 1.82) is 5.26 Å². The Morgan fingerprint density at radius 2 is 1.95 bits per heavy atom. The number of nitrogens with zero attached hydrogens (tertiary/aromatic N) is 3. The van der Waals surface area contributed by atoms with Gasteiger partial charge in [0, 0.05) is 17.7 Å². The third kappa shape index (κ3) is 3.69. The average Bonchev–Trinajstić information content (AvgIpc) is 2.40. The second kappa shape index (κ2) is 7.36. The van der Waals surface area contributed by atoms with Crippen LogP contribution in [0.5, 0.6) is 0 Å². The number of hydrogen-bond donors (Lipinski definition) is 1. The van der Waals surface area contributed by atoms with Gasteiger partial charge in [-0.1, -0.05) is 13.3 Å². The first-order valence-electron chi connectivity index (χ1n) is 6.94. The summed E-state index contributed by atoms with van der Waals surface area (Å²) < 4.78 is 0. The molecule has 1 aromatic rings. The van der Waals surface area contributed by atoms with Crippen molar-refractivity contribution in [2.45, 2.75) is 46.1 Å². The zero-order valence-electron chi connectivity index (χ0n) is 12.8. The molecule has 0 fully saturated rings. The third-order valence-electron chi connectivity index (χ3n) is 3.06. The Morgan fingerprint density at radius 1 is 1.32 bits per heavy atom. The maximum absolute atomic E-state index is 11.5. The number of anilines is 1. The van der Waals surface area contributed by atoms with Gasteiger partial charge in [0.1, 0.15) is 0 Å². The molecule has 8 nitrogen and oxygen atoms in total. The lowest BCUT2D eigenvalue weighted by molar-refractivity contribution is -0.392. The van der Waals surface area contributed by atoms with Crippen molar-refractivity contribution >= 4 is 17.1 Å². The van der Waals surface area contributed by atoms with Gasteiger partial charge in [0.2, 0.25) is 0 Å². The number of nitriles is 1. The Morgan fingerprint density at radius 3 is 2.36 bits per heavy atom. The van der Waals surface area contributed by atoms with Crippen LogP contribution in [0.3, 0.4) is 0 Å². The lowest BCUT2D eigenvalue weighted by Crippen LogP contribution is -2.15. The van der Waals surface area contributed by atoms with E-state index in [-0.39, 0.29) is 35.1 Å². The second-order valence-electron chi connectivity index (χ2n) is 5.16. The Bertz CT molecular complexity index is 635. The van der Waals surface area contributed by atoms with Gasteiger partial charge in [0.25, 0.3) is 5.69 Å². The summed E-state index contributed by atoms with van der Waals surface area (Å²) in [6.07, 6.45) is 0.959. The van der Waals surface area contributed by atoms with Crippen LogP contribution in [0.4, 0.5) is 17.1 Å². The minimum Gasteiger partial charge on any atom is -0.372 e. The van der Waals surface area contributed by atoms with Gasteiger partial charge in [0.15, 0.2) is 5.69 Å². The molecule has 0 aliphatic rings. The average molecular weight is 306 g/mol. The summed E-state index contributed by atoms with van der Waals surface area (Å²) in [7, 11) is 0. The molecule has 0 saturated carbocycles. The van der Waals surface area contributed by atoms with Crippen molar-refractivity contribution < 1.29 is 9.85 Å². The number of nitrogens with one attached hydrogen (secondary N) is 1. The summed E-state index contributed by atoms with van der Waals surface area (Å²) in [5.74, 6) is 0. The molecule has 8 heteroatoms. The maximum atomic E-state index is 11.5. The van der Waals surface area contributed by atoms with Crippen molar-refractivity contribution in [1.82, 2.24) is 0 Å². The zero-order valence-corrected chi connectivity index (χ0v) is 12.8. The molecule has 1 rings (SSSR count). The molecule has 0 aliphatic carbocycles. The van der Waals surface area contributed by atoms with Crippen molar-refractivity contribution in [2.75, 3.05) is 5.32 Å². The Kier molecular flexibility index (Phi) is 5.81. The van der Waals surface area contributed by atoms with Gasteiger partial charge < -0.3 is 5.32 Å². The molecular formula is C14H18N4O4. The Labute approximate surface area is 128 Å². The van der Waals surface area contributed by atoms with Crippen molar-refractivity contribution in [2.24, 2.45) is 0 Å². The minimum absolute atomic E-state index is 0.130. The van der Waals surface area contributed by atoms with Gasteiger partial charge in [-0.15, -0.1) is 0 Å². The van der Waals surface area contributed by atoms with E-state index in [0.717, 1.165) is 0 Å². The van der Waals surface area contributed by atoms with E-state index >= 15 is 0 Å². The highest BCUT2D eigenvalue weighted by atomic mass is 16.6. The highest BCUT2D eigenvalue weighted by Gasteiger charge is 2.32. The van der Waals surface area contributed by atoms with E-state index in [4.69, 9.17) is 5.26 Å². The molecule has 118 valence electrons. The standard InChI is InChI=1S/C14H18N4O4/c1-4-5-10-8-12(17(19)20)13(16-9(2)3)14(18(21)22)11(10)6-7-15/h8-9,16H,4-6H2,1-3H3. The first-order valence-corrected chi connectivity index (χ1v) is 6.94. The minimum atomic E-state index is -0.649. The highest BCUT2D eigenvalue weighted by Crippen LogP contribution is 2.40. The predicted molar refractivity (Wildman–Crippen MR) is 81.8 cm³/mol. The van der Waals surface area contributed by atoms with Crippen LogP contribution in [-0.2, 0) is 12.8 Å². The van der Waals surface area contributed by atoms with E-state index in [1.54, 1.807) is 13.8 Å². The van der Waals surface area contributed by atoms with Gasteiger partial charge >= 0.3 is 5.69 Å². The summed E-state index contributed by atoms with van der Waals surface area (Å²) in [5, 5.41) is 34.5. The summed E-state index contributed by atoms with van der Waals surface area (Å²) in [4.78, 5) is 21.5. The summed E-state index contributed by atoms with van der Waals surface area (Å²) in [6, 6.07) is 3.03. The monoisotopic (exact) mass is 306 g/mol. The molecule has 0 aliphatic heterocycles. The lowest BCUT2D eigenvalue weighted by Gasteiger charge is -2.15. The fraction of sp³-hybridized carbons (Fsp3) is 0.500. The summed E-state index contributed by atoms with van der Waals surface area (Å²) in [5.41, 5.74) is -0.0894. The molecule has 1 N–H and O–H groups in total. The van der Waals surface area contributed by atoms with E-state index in [1.165, 1.54) is 6.07 Å². The van der Waals surface area contributed by atoms with Crippen molar-refractivity contribution in [3.8, 4) is 6.07 Å². The largest absolute Gasteiger partial charge is 0.372 e. The van der Waals surface area contributed by atoms with Crippen LogP contribution >= 0.6 is 0 Å². The molecule has 0 saturated heterocycles. The van der Waals surface area contributed by atoms with Crippen LogP contribution in [0.2, 0.25) is 0 Å². The van der Waals surface area contributed by atoms with Crippen LogP contribution in [0.25, 0.3) is 0 Å². The molecule has 0 radical (unpaired) electrons. The third-order valence-corrected chi connectivity index (χ3v) is 3.06. The Hall–Kier alpha value is -2.69. The van der Waals surface area contributed by atoms with E-state index in [1.807, 2.05) is 13.0 Å². The summed E-state index contributed by atoms with van der Waals surface area (Å²) in [6.45, 7) is 5.34.